The Morgan fingerprint density at radius 1 is 1.00 bits per heavy atom. The quantitative estimate of drug-likeness (QED) is 0.373. The van der Waals surface area contributed by atoms with Crippen molar-refractivity contribution in [1.29, 1.82) is 0 Å². The van der Waals surface area contributed by atoms with Crippen molar-refractivity contribution >= 4 is 22.8 Å². The molecular weight excluding hydrogens is 466 g/mol. The van der Waals surface area contributed by atoms with Gasteiger partial charge in [-0.3, -0.25) is 9.59 Å². The maximum atomic E-state index is 14.0. The molecule has 1 fully saturated rings. The molecule has 5 rings (SSSR count). The van der Waals surface area contributed by atoms with E-state index in [9.17, 15) is 9.59 Å². The van der Waals surface area contributed by atoms with Crippen LogP contribution in [0.1, 0.15) is 42.9 Å². The maximum Gasteiger partial charge on any atom is 0.247 e. The van der Waals surface area contributed by atoms with Crippen LogP contribution in [0.5, 0.6) is 5.75 Å². The van der Waals surface area contributed by atoms with Crippen LogP contribution >= 0.6 is 0 Å². The average Bonchev–Trinajstić information content (AvgIpc) is 3.59. The SMILES string of the molecule is COc1ccc(CN(C(=O)Cn2nnc3ccccc32)C(C(=O)NC2CCCC2)c2ccccc2)cc1. The summed E-state index contributed by atoms with van der Waals surface area (Å²) >= 11 is 0. The van der Waals surface area contributed by atoms with Crippen LogP contribution in [0, 0.1) is 0 Å². The molecule has 8 heteroatoms. The predicted molar refractivity (Wildman–Crippen MR) is 141 cm³/mol. The first-order valence-corrected chi connectivity index (χ1v) is 12.7. The molecule has 1 aliphatic carbocycles. The summed E-state index contributed by atoms with van der Waals surface area (Å²) in [4.78, 5) is 29.4. The number of fused-ring (bicyclic) bond motifs is 1. The van der Waals surface area contributed by atoms with Crippen molar-refractivity contribution in [2.75, 3.05) is 7.11 Å². The summed E-state index contributed by atoms with van der Waals surface area (Å²) in [6, 6.07) is 23.9. The third-order valence-electron chi connectivity index (χ3n) is 6.91. The van der Waals surface area contributed by atoms with E-state index in [1.165, 1.54) is 0 Å². The molecule has 1 aliphatic rings. The number of amides is 2. The molecule has 1 aromatic heterocycles. The molecular formula is C29H31N5O3. The molecule has 1 saturated carbocycles. The second-order valence-electron chi connectivity index (χ2n) is 9.41. The molecule has 190 valence electrons. The van der Waals surface area contributed by atoms with E-state index >= 15 is 0 Å². The first-order chi connectivity index (χ1) is 18.1. The van der Waals surface area contributed by atoms with Gasteiger partial charge in [-0.05, 0) is 48.2 Å². The molecule has 1 N–H and O–H groups in total. The van der Waals surface area contributed by atoms with Crippen LogP contribution in [-0.4, -0.2) is 44.9 Å². The predicted octanol–water partition coefficient (Wildman–Crippen LogP) is 4.27. The number of hydrogen-bond acceptors (Lipinski definition) is 5. The van der Waals surface area contributed by atoms with Crippen LogP contribution < -0.4 is 10.1 Å². The zero-order valence-electron chi connectivity index (χ0n) is 20.9. The smallest absolute Gasteiger partial charge is 0.247 e. The Hall–Kier alpha value is -4.20. The Balaban J connectivity index is 1.50. The van der Waals surface area contributed by atoms with E-state index in [4.69, 9.17) is 4.74 Å². The lowest BCUT2D eigenvalue weighted by Gasteiger charge is -2.32. The molecule has 0 bridgehead atoms. The van der Waals surface area contributed by atoms with E-state index < -0.39 is 6.04 Å². The number of hydrogen-bond donors (Lipinski definition) is 1. The molecule has 0 spiro atoms. The van der Waals surface area contributed by atoms with Crippen LogP contribution in [0.3, 0.4) is 0 Å². The number of para-hydroxylation sites is 1. The monoisotopic (exact) mass is 497 g/mol. The lowest BCUT2D eigenvalue weighted by molar-refractivity contribution is -0.142. The minimum absolute atomic E-state index is 0.0310. The summed E-state index contributed by atoms with van der Waals surface area (Å²) in [5.41, 5.74) is 3.15. The van der Waals surface area contributed by atoms with E-state index in [0.717, 1.165) is 53.6 Å². The van der Waals surface area contributed by atoms with Gasteiger partial charge in [-0.1, -0.05) is 72.7 Å². The fraction of sp³-hybridized carbons (Fsp3) is 0.310. The van der Waals surface area contributed by atoms with Crippen LogP contribution in [0.15, 0.2) is 78.9 Å². The van der Waals surface area contributed by atoms with E-state index in [0.29, 0.717) is 0 Å². The highest BCUT2D eigenvalue weighted by atomic mass is 16.5. The average molecular weight is 498 g/mol. The van der Waals surface area contributed by atoms with Gasteiger partial charge in [-0.2, -0.15) is 0 Å². The van der Waals surface area contributed by atoms with Crippen molar-refractivity contribution < 1.29 is 14.3 Å². The number of carbonyl (C=O) groups is 2. The number of benzene rings is 3. The standard InChI is InChI=1S/C29H31N5O3/c1-37-24-17-15-21(16-18-24)19-33(27(35)20-34-26-14-8-7-13-25(26)31-32-34)28(22-9-3-2-4-10-22)29(36)30-23-11-5-6-12-23/h2-4,7-10,13-18,23,28H,5-6,11-12,19-20H2,1H3,(H,30,36). The highest BCUT2D eigenvalue weighted by molar-refractivity contribution is 5.89. The van der Waals surface area contributed by atoms with Crippen molar-refractivity contribution in [2.45, 2.75) is 50.9 Å². The number of carbonyl (C=O) groups excluding carboxylic acids is 2. The van der Waals surface area contributed by atoms with Gasteiger partial charge >= 0.3 is 0 Å². The topological polar surface area (TPSA) is 89.3 Å². The fourth-order valence-electron chi connectivity index (χ4n) is 4.96. The largest absolute Gasteiger partial charge is 0.497 e. The molecule has 8 nitrogen and oxygen atoms in total. The molecule has 0 radical (unpaired) electrons. The highest BCUT2D eigenvalue weighted by Gasteiger charge is 2.33. The first-order valence-electron chi connectivity index (χ1n) is 12.7. The number of aromatic nitrogens is 3. The normalized spacial score (nSPS) is 14.4. The molecule has 0 saturated heterocycles. The van der Waals surface area contributed by atoms with E-state index in [1.54, 1.807) is 16.7 Å². The molecule has 37 heavy (non-hydrogen) atoms. The van der Waals surface area contributed by atoms with E-state index in [2.05, 4.69) is 15.6 Å². The first kappa shape index (κ1) is 24.5. The minimum atomic E-state index is -0.786. The Morgan fingerprint density at radius 2 is 1.70 bits per heavy atom. The van der Waals surface area contributed by atoms with Crippen LogP contribution in [-0.2, 0) is 22.7 Å². The second kappa shape index (κ2) is 11.2. The van der Waals surface area contributed by atoms with Crippen LogP contribution in [0.2, 0.25) is 0 Å². The molecule has 1 heterocycles. The zero-order chi connectivity index (χ0) is 25.6. The lowest BCUT2D eigenvalue weighted by atomic mass is 10.0. The Bertz CT molecular complexity index is 1350. The second-order valence-corrected chi connectivity index (χ2v) is 9.41. The van der Waals surface area contributed by atoms with Crippen molar-refractivity contribution in [2.24, 2.45) is 0 Å². The fourth-order valence-corrected chi connectivity index (χ4v) is 4.96. The molecule has 0 aliphatic heterocycles. The Kier molecular flexibility index (Phi) is 7.44. The van der Waals surface area contributed by atoms with Gasteiger partial charge in [0, 0.05) is 12.6 Å². The van der Waals surface area contributed by atoms with Gasteiger partial charge in [0.1, 0.15) is 23.9 Å². The summed E-state index contributed by atoms with van der Waals surface area (Å²) in [5, 5.41) is 11.6. The van der Waals surface area contributed by atoms with Gasteiger partial charge in [0.2, 0.25) is 11.8 Å². The lowest BCUT2D eigenvalue weighted by Crippen LogP contribution is -2.46. The molecule has 4 aromatic rings. The Labute approximate surface area is 216 Å². The van der Waals surface area contributed by atoms with Gasteiger partial charge in [-0.25, -0.2) is 4.68 Å². The molecule has 2 amide bonds. The molecule has 1 atom stereocenters. The Morgan fingerprint density at radius 3 is 2.43 bits per heavy atom. The van der Waals surface area contributed by atoms with Gasteiger partial charge in [0.25, 0.3) is 0 Å². The van der Waals surface area contributed by atoms with Gasteiger partial charge in [0.15, 0.2) is 0 Å². The van der Waals surface area contributed by atoms with E-state index in [-0.39, 0.29) is 30.9 Å². The van der Waals surface area contributed by atoms with Crippen molar-refractivity contribution in [1.82, 2.24) is 25.2 Å². The number of nitrogens with one attached hydrogen (secondary N) is 1. The number of methoxy groups -OCH3 is 1. The highest BCUT2D eigenvalue weighted by Crippen LogP contribution is 2.27. The van der Waals surface area contributed by atoms with Crippen LogP contribution in [0.25, 0.3) is 11.0 Å². The maximum absolute atomic E-state index is 14.0. The summed E-state index contributed by atoms with van der Waals surface area (Å²) in [6.07, 6.45) is 4.14. The number of nitrogens with zero attached hydrogens (tertiary/aromatic N) is 4. The summed E-state index contributed by atoms with van der Waals surface area (Å²) in [7, 11) is 1.62. The van der Waals surface area contributed by atoms with E-state index in [1.807, 2.05) is 78.9 Å². The van der Waals surface area contributed by atoms with Gasteiger partial charge in [0.05, 0.1) is 12.6 Å². The van der Waals surface area contributed by atoms with Crippen molar-refractivity contribution in [3.05, 3.63) is 90.0 Å². The molecule has 3 aromatic carbocycles. The summed E-state index contributed by atoms with van der Waals surface area (Å²) in [6.45, 7) is 0.226. The third kappa shape index (κ3) is 5.63. The summed E-state index contributed by atoms with van der Waals surface area (Å²) in [5.74, 6) is 0.347. The third-order valence-corrected chi connectivity index (χ3v) is 6.91. The number of rotatable bonds is 9. The van der Waals surface area contributed by atoms with Crippen molar-refractivity contribution in [3.63, 3.8) is 0 Å². The zero-order valence-corrected chi connectivity index (χ0v) is 20.9. The van der Waals surface area contributed by atoms with Gasteiger partial charge in [-0.15, -0.1) is 5.10 Å². The van der Waals surface area contributed by atoms with Gasteiger partial charge < -0.3 is 15.0 Å². The minimum Gasteiger partial charge on any atom is -0.497 e. The number of ether oxygens (including phenoxy) is 1. The summed E-state index contributed by atoms with van der Waals surface area (Å²) < 4.78 is 6.89. The van der Waals surface area contributed by atoms with Crippen LogP contribution in [0.4, 0.5) is 0 Å². The molecule has 1 unspecified atom stereocenters. The van der Waals surface area contributed by atoms with Crippen molar-refractivity contribution in [3.8, 4) is 5.75 Å².